The normalized spacial score (nSPS) is 10.6. The summed E-state index contributed by atoms with van der Waals surface area (Å²) in [7, 11) is 1.92. The van der Waals surface area contributed by atoms with Crippen LogP contribution >= 0.6 is 12.2 Å². The quantitative estimate of drug-likeness (QED) is 0.666. The van der Waals surface area contributed by atoms with Crippen LogP contribution in [-0.2, 0) is 13.5 Å². The SMILES string of the molecule is Cc1ccc(OCCCc2n[nH]c(=S)n2C)cc1. The Morgan fingerprint density at radius 3 is 2.67 bits per heavy atom. The number of benzene rings is 1. The molecule has 1 N–H and O–H groups in total. The van der Waals surface area contributed by atoms with E-state index in [-0.39, 0.29) is 0 Å². The lowest BCUT2D eigenvalue weighted by molar-refractivity contribution is 0.309. The monoisotopic (exact) mass is 263 g/mol. The van der Waals surface area contributed by atoms with Crippen LogP contribution in [0.2, 0.25) is 0 Å². The third-order valence-corrected chi connectivity index (χ3v) is 3.17. The Kier molecular flexibility index (Phi) is 4.15. The molecule has 4 nitrogen and oxygen atoms in total. The van der Waals surface area contributed by atoms with E-state index in [0.29, 0.717) is 11.4 Å². The highest BCUT2D eigenvalue weighted by Crippen LogP contribution is 2.11. The first-order chi connectivity index (χ1) is 8.66. The Morgan fingerprint density at radius 1 is 1.33 bits per heavy atom. The Bertz CT molecular complexity index is 556. The lowest BCUT2D eigenvalue weighted by Gasteiger charge is -2.06. The summed E-state index contributed by atoms with van der Waals surface area (Å²) < 4.78 is 8.20. The van der Waals surface area contributed by atoms with Gasteiger partial charge in [0.05, 0.1) is 6.61 Å². The van der Waals surface area contributed by atoms with Crippen LogP contribution in [0, 0.1) is 11.7 Å². The zero-order valence-corrected chi connectivity index (χ0v) is 11.5. The van der Waals surface area contributed by atoms with Gasteiger partial charge >= 0.3 is 0 Å². The molecule has 0 atom stereocenters. The summed E-state index contributed by atoms with van der Waals surface area (Å²) >= 11 is 5.06. The number of ether oxygens (including phenoxy) is 1. The number of nitrogens with one attached hydrogen (secondary N) is 1. The van der Waals surface area contributed by atoms with Gasteiger partial charge in [0.15, 0.2) is 4.77 Å². The summed E-state index contributed by atoms with van der Waals surface area (Å²) in [5.74, 6) is 1.88. The smallest absolute Gasteiger partial charge is 0.194 e. The largest absolute Gasteiger partial charge is 0.494 e. The average Bonchev–Trinajstić information content (AvgIpc) is 2.68. The van der Waals surface area contributed by atoms with Gasteiger partial charge in [-0.15, -0.1) is 0 Å². The molecular formula is C13H17N3OS. The summed E-state index contributed by atoms with van der Waals surface area (Å²) in [6.07, 6.45) is 1.77. The molecule has 0 amide bonds. The summed E-state index contributed by atoms with van der Waals surface area (Å²) in [5.41, 5.74) is 1.24. The number of rotatable bonds is 5. The molecule has 0 radical (unpaired) electrons. The lowest BCUT2D eigenvalue weighted by atomic mass is 10.2. The van der Waals surface area contributed by atoms with E-state index in [2.05, 4.69) is 17.1 Å². The molecule has 1 aromatic heterocycles. The van der Waals surface area contributed by atoms with E-state index in [9.17, 15) is 0 Å². The van der Waals surface area contributed by atoms with Crippen LogP contribution in [0.3, 0.4) is 0 Å². The van der Waals surface area contributed by atoms with E-state index in [1.807, 2.05) is 35.9 Å². The van der Waals surface area contributed by atoms with Crippen molar-refractivity contribution in [3.63, 3.8) is 0 Å². The lowest BCUT2D eigenvalue weighted by Crippen LogP contribution is -2.03. The molecule has 0 spiro atoms. The predicted octanol–water partition coefficient (Wildman–Crippen LogP) is 2.80. The molecule has 0 unspecified atom stereocenters. The minimum atomic E-state index is 0.657. The minimum absolute atomic E-state index is 0.657. The number of hydrogen-bond donors (Lipinski definition) is 1. The number of aryl methyl sites for hydroxylation is 2. The van der Waals surface area contributed by atoms with E-state index >= 15 is 0 Å². The van der Waals surface area contributed by atoms with Crippen LogP contribution < -0.4 is 4.74 Å². The van der Waals surface area contributed by atoms with Crippen LogP contribution in [-0.4, -0.2) is 21.4 Å². The fourth-order valence-corrected chi connectivity index (χ4v) is 1.81. The van der Waals surface area contributed by atoms with Crippen molar-refractivity contribution in [3.8, 4) is 5.75 Å². The van der Waals surface area contributed by atoms with Gasteiger partial charge < -0.3 is 9.30 Å². The molecule has 1 heterocycles. The molecule has 0 fully saturated rings. The van der Waals surface area contributed by atoms with Crippen molar-refractivity contribution in [2.45, 2.75) is 19.8 Å². The fraction of sp³-hybridized carbons (Fsp3) is 0.385. The van der Waals surface area contributed by atoms with Crippen LogP contribution in [0.1, 0.15) is 17.8 Å². The fourth-order valence-electron chi connectivity index (χ4n) is 1.66. The molecular weight excluding hydrogens is 246 g/mol. The van der Waals surface area contributed by atoms with Crippen molar-refractivity contribution in [1.29, 1.82) is 0 Å². The number of aromatic amines is 1. The second-order valence-corrected chi connectivity index (χ2v) is 4.66. The molecule has 18 heavy (non-hydrogen) atoms. The molecule has 5 heteroatoms. The molecule has 0 bridgehead atoms. The van der Waals surface area contributed by atoms with Crippen molar-refractivity contribution < 1.29 is 4.74 Å². The molecule has 0 saturated carbocycles. The molecule has 0 aliphatic rings. The standard InChI is InChI=1S/C13H17N3OS/c1-10-5-7-11(8-6-10)17-9-3-4-12-14-15-13(18)16(12)2/h5-8H,3-4,9H2,1-2H3,(H,15,18). The van der Waals surface area contributed by atoms with Crippen molar-refractivity contribution in [2.24, 2.45) is 7.05 Å². The van der Waals surface area contributed by atoms with E-state index in [1.165, 1.54) is 5.56 Å². The molecule has 0 aliphatic heterocycles. The van der Waals surface area contributed by atoms with Gasteiger partial charge in [0.25, 0.3) is 0 Å². The van der Waals surface area contributed by atoms with Gasteiger partial charge in [-0.3, -0.25) is 5.10 Å². The summed E-state index contributed by atoms with van der Waals surface area (Å²) in [5, 5.41) is 6.94. The first-order valence-electron chi connectivity index (χ1n) is 5.96. The summed E-state index contributed by atoms with van der Waals surface area (Å²) in [6.45, 7) is 2.75. The maximum absolute atomic E-state index is 5.66. The molecule has 2 rings (SSSR count). The van der Waals surface area contributed by atoms with E-state index in [1.54, 1.807) is 0 Å². The predicted molar refractivity (Wildman–Crippen MR) is 73.4 cm³/mol. The number of aromatic nitrogens is 3. The maximum Gasteiger partial charge on any atom is 0.194 e. The Morgan fingerprint density at radius 2 is 2.06 bits per heavy atom. The van der Waals surface area contributed by atoms with E-state index < -0.39 is 0 Å². The highest BCUT2D eigenvalue weighted by atomic mass is 32.1. The third-order valence-electron chi connectivity index (χ3n) is 2.81. The Hall–Kier alpha value is -1.62. The van der Waals surface area contributed by atoms with E-state index in [4.69, 9.17) is 17.0 Å². The molecule has 0 aliphatic carbocycles. The number of H-pyrrole nitrogens is 1. The van der Waals surface area contributed by atoms with Gasteiger partial charge in [-0.05, 0) is 37.7 Å². The van der Waals surface area contributed by atoms with Gasteiger partial charge in [0.2, 0.25) is 0 Å². The Labute approximate surface area is 112 Å². The second kappa shape index (κ2) is 5.82. The summed E-state index contributed by atoms with van der Waals surface area (Å²) in [6, 6.07) is 8.08. The number of nitrogens with zero attached hydrogens (tertiary/aromatic N) is 2. The van der Waals surface area contributed by atoms with Crippen LogP contribution in [0.5, 0.6) is 5.75 Å². The average molecular weight is 263 g/mol. The first kappa shape index (κ1) is 12.8. The maximum atomic E-state index is 5.66. The van der Waals surface area contributed by atoms with Gasteiger partial charge in [-0.2, -0.15) is 5.10 Å². The zero-order chi connectivity index (χ0) is 13.0. The second-order valence-electron chi connectivity index (χ2n) is 4.27. The van der Waals surface area contributed by atoms with Crippen molar-refractivity contribution in [3.05, 3.63) is 40.4 Å². The van der Waals surface area contributed by atoms with Crippen molar-refractivity contribution in [1.82, 2.24) is 14.8 Å². The zero-order valence-electron chi connectivity index (χ0n) is 10.6. The minimum Gasteiger partial charge on any atom is -0.494 e. The molecule has 2 aromatic rings. The van der Waals surface area contributed by atoms with Crippen LogP contribution in [0.25, 0.3) is 0 Å². The third kappa shape index (κ3) is 3.20. The van der Waals surface area contributed by atoms with Crippen LogP contribution in [0.15, 0.2) is 24.3 Å². The van der Waals surface area contributed by atoms with Crippen molar-refractivity contribution >= 4 is 12.2 Å². The first-order valence-corrected chi connectivity index (χ1v) is 6.37. The summed E-state index contributed by atoms with van der Waals surface area (Å²) in [4.78, 5) is 0. The van der Waals surface area contributed by atoms with Crippen LogP contribution in [0.4, 0.5) is 0 Å². The van der Waals surface area contributed by atoms with E-state index in [0.717, 1.165) is 24.4 Å². The molecule has 96 valence electrons. The topological polar surface area (TPSA) is 42.8 Å². The highest BCUT2D eigenvalue weighted by molar-refractivity contribution is 7.71. The highest BCUT2D eigenvalue weighted by Gasteiger charge is 2.01. The van der Waals surface area contributed by atoms with Gasteiger partial charge in [-0.25, -0.2) is 0 Å². The number of hydrogen-bond acceptors (Lipinski definition) is 3. The van der Waals surface area contributed by atoms with Gasteiger partial charge in [0, 0.05) is 13.5 Å². The molecule has 1 aromatic carbocycles. The molecule has 0 saturated heterocycles. The van der Waals surface area contributed by atoms with Gasteiger partial charge in [-0.1, -0.05) is 17.7 Å². The Balaban J connectivity index is 1.78. The van der Waals surface area contributed by atoms with Gasteiger partial charge in [0.1, 0.15) is 11.6 Å². The van der Waals surface area contributed by atoms with Crippen molar-refractivity contribution in [2.75, 3.05) is 6.61 Å².